The van der Waals surface area contributed by atoms with E-state index in [1.165, 1.54) is 7.11 Å². The smallest absolute Gasteiger partial charge is 0.259 e. The van der Waals surface area contributed by atoms with Crippen molar-refractivity contribution < 1.29 is 9.53 Å². The Hall–Kier alpha value is -3.00. The molecule has 2 aromatic carbocycles. The van der Waals surface area contributed by atoms with E-state index < -0.39 is 0 Å². The summed E-state index contributed by atoms with van der Waals surface area (Å²) in [7, 11) is 1.46. The largest absolute Gasteiger partial charge is 0.494 e. The van der Waals surface area contributed by atoms with Gasteiger partial charge in [0.2, 0.25) is 0 Å². The number of methoxy groups -OCH3 is 1. The first-order chi connectivity index (χ1) is 9.65. The number of nitrogens with zero attached hydrogens (tertiary/aromatic N) is 1. The minimum absolute atomic E-state index is 0.335. The van der Waals surface area contributed by atoms with Crippen LogP contribution in [0.3, 0.4) is 0 Å². The lowest BCUT2D eigenvalue weighted by atomic mass is 10.1. The molecule has 0 saturated carbocycles. The number of benzene rings is 2. The van der Waals surface area contributed by atoms with Gasteiger partial charge in [-0.1, -0.05) is 12.1 Å². The van der Waals surface area contributed by atoms with Gasteiger partial charge in [0, 0.05) is 5.69 Å². The third-order valence-corrected chi connectivity index (χ3v) is 2.74. The predicted molar refractivity (Wildman–Crippen MR) is 76.5 cm³/mol. The van der Waals surface area contributed by atoms with Crippen LogP contribution in [0.1, 0.15) is 15.9 Å². The van der Waals surface area contributed by atoms with E-state index in [1.54, 1.807) is 42.5 Å². The van der Waals surface area contributed by atoms with Crippen LogP contribution in [-0.4, -0.2) is 13.0 Å². The van der Waals surface area contributed by atoms with Crippen LogP contribution in [0.4, 0.5) is 11.4 Å². The van der Waals surface area contributed by atoms with Crippen molar-refractivity contribution in [3.05, 3.63) is 53.6 Å². The highest BCUT2D eigenvalue weighted by Crippen LogP contribution is 2.26. The number of rotatable bonds is 3. The number of nitrogens with two attached hydrogens (primary N) is 1. The Bertz CT molecular complexity index is 690. The van der Waals surface area contributed by atoms with Crippen LogP contribution in [0.25, 0.3) is 0 Å². The molecule has 0 heterocycles. The molecular weight excluding hydrogens is 254 g/mol. The number of ether oxygens (including phenoxy) is 1. The van der Waals surface area contributed by atoms with E-state index in [4.69, 9.17) is 15.7 Å². The van der Waals surface area contributed by atoms with Gasteiger partial charge < -0.3 is 15.8 Å². The van der Waals surface area contributed by atoms with E-state index in [0.717, 1.165) is 0 Å². The molecule has 100 valence electrons. The third-order valence-electron chi connectivity index (χ3n) is 2.74. The monoisotopic (exact) mass is 267 g/mol. The van der Waals surface area contributed by atoms with Crippen LogP contribution in [0.2, 0.25) is 0 Å². The van der Waals surface area contributed by atoms with Crippen molar-refractivity contribution in [2.24, 2.45) is 0 Å². The Labute approximate surface area is 116 Å². The van der Waals surface area contributed by atoms with E-state index in [0.29, 0.717) is 28.3 Å². The van der Waals surface area contributed by atoms with Gasteiger partial charge in [-0.25, -0.2) is 0 Å². The lowest BCUT2D eigenvalue weighted by molar-refractivity contribution is 0.102. The molecule has 2 rings (SSSR count). The zero-order valence-corrected chi connectivity index (χ0v) is 10.9. The highest BCUT2D eigenvalue weighted by Gasteiger charge is 2.14. The molecule has 3 N–H and O–H groups in total. The summed E-state index contributed by atoms with van der Waals surface area (Å²) in [6.45, 7) is 0. The first-order valence-corrected chi connectivity index (χ1v) is 5.89. The number of hydrogen-bond donors (Lipinski definition) is 2. The number of nitrogen functional groups attached to an aromatic ring is 1. The maximum atomic E-state index is 12.2. The molecule has 0 saturated heterocycles. The number of carbonyl (C=O) groups excluding carboxylic acids is 1. The second kappa shape index (κ2) is 5.76. The first kappa shape index (κ1) is 13.4. The summed E-state index contributed by atoms with van der Waals surface area (Å²) < 4.78 is 5.14. The average molecular weight is 267 g/mol. The maximum Gasteiger partial charge on any atom is 0.259 e. The standard InChI is InChI=1S/C15H13N3O2/c1-20-14-12(6-3-7-13(14)17)15(19)18-11-5-2-4-10(8-11)9-16/h2-8H,17H2,1H3,(H,18,19). The molecule has 0 fully saturated rings. The predicted octanol–water partition coefficient (Wildman–Crippen LogP) is 2.40. The molecule has 5 heteroatoms. The minimum Gasteiger partial charge on any atom is -0.494 e. The zero-order chi connectivity index (χ0) is 14.5. The molecule has 0 aromatic heterocycles. The van der Waals surface area contributed by atoms with Crippen molar-refractivity contribution in [1.29, 1.82) is 5.26 Å². The Morgan fingerprint density at radius 2 is 2.05 bits per heavy atom. The molecule has 0 bridgehead atoms. The number of amides is 1. The van der Waals surface area contributed by atoms with Crippen LogP contribution in [0, 0.1) is 11.3 Å². The molecule has 0 spiro atoms. The van der Waals surface area contributed by atoms with Gasteiger partial charge in [-0.3, -0.25) is 4.79 Å². The van der Waals surface area contributed by atoms with Crippen LogP contribution in [0.5, 0.6) is 5.75 Å². The van der Waals surface area contributed by atoms with Gasteiger partial charge in [-0.2, -0.15) is 5.26 Å². The van der Waals surface area contributed by atoms with E-state index >= 15 is 0 Å². The van der Waals surface area contributed by atoms with Gasteiger partial charge in [0.05, 0.1) is 30.0 Å². The lowest BCUT2D eigenvalue weighted by Gasteiger charge is -2.11. The number of para-hydroxylation sites is 1. The maximum absolute atomic E-state index is 12.2. The SMILES string of the molecule is COc1c(N)cccc1C(=O)Nc1cccc(C#N)c1. The zero-order valence-electron chi connectivity index (χ0n) is 10.9. The summed E-state index contributed by atoms with van der Waals surface area (Å²) in [6.07, 6.45) is 0. The summed E-state index contributed by atoms with van der Waals surface area (Å²) in [5.74, 6) is -0.00863. The molecule has 20 heavy (non-hydrogen) atoms. The molecule has 0 unspecified atom stereocenters. The number of nitrogens with one attached hydrogen (secondary N) is 1. The van der Waals surface area contributed by atoms with Crippen molar-refractivity contribution in [2.75, 3.05) is 18.2 Å². The molecule has 0 radical (unpaired) electrons. The van der Waals surface area contributed by atoms with Crippen LogP contribution in [0.15, 0.2) is 42.5 Å². The highest BCUT2D eigenvalue weighted by atomic mass is 16.5. The van der Waals surface area contributed by atoms with E-state index in [9.17, 15) is 4.79 Å². The van der Waals surface area contributed by atoms with E-state index in [2.05, 4.69) is 5.32 Å². The fourth-order valence-electron chi connectivity index (χ4n) is 1.83. The lowest BCUT2D eigenvalue weighted by Crippen LogP contribution is -2.14. The average Bonchev–Trinajstić information content (AvgIpc) is 2.47. The van der Waals surface area contributed by atoms with Gasteiger partial charge >= 0.3 is 0 Å². The Kier molecular flexibility index (Phi) is 3.87. The first-order valence-electron chi connectivity index (χ1n) is 5.89. The Morgan fingerprint density at radius 1 is 1.30 bits per heavy atom. The molecule has 1 amide bonds. The van der Waals surface area contributed by atoms with Crippen molar-refractivity contribution in [2.45, 2.75) is 0 Å². The van der Waals surface area contributed by atoms with Crippen LogP contribution >= 0.6 is 0 Å². The fraction of sp³-hybridized carbons (Fsp3) is 0.0667. The summed E-state index contributed by atoms with van der Waals surface area (Å²) in [4.78, 5) is 12.2. The van der Waals surface area contributed by atoms with Crippen molar-refractivity contribution in [3.8, 4) is 11.8 Å². The van der Waals surface area contributed by atoms with Gasteiger partial charge in [0.15, 0.2) is 5.75 Å². The quantitative estimate of drug-likeness (QED) is 0.836. The van der Waals surface area contributed by atoms with Gasteiger partial charge in [0.25, 0.3) is 5.91 Å². The topological polar surface area (TPSA) is 88.1 Å². The molecule has 0 aliphatic rings. The summed E-state index contributed by atoms with van der Waals surface area (Å²) >= 11 is 0. The number of anilines is 2. The molecular formula is C15H13N3O2. The minimum atomic E-state index is -0.343. The van der Waals surface area contributed by atoms with Crippen LogP contribution in [-0.2, 0) is 0 Å². The van der Waals surface area contributed by atoms with Crippen molar-refractivity contribution >= 4 is 17.3 Å². The van der Waals surface area contributed by atoms with Gasteiger partial charge in [-0.15, -0.1) is 0 Å². The van der Waals surface area contributed by atoms with Crippen molar-refractivity contribution in [3.63, 3.8) is 0 Å². The molecule has 0 aliphatic carbocycles. The van der Waals surface area contributed by atoms with E-state index in [-0.39, 0.29) is 5.91 Å². The van der Waals surface area contributed by atoms with Gasteiger partial charge in [0.1, 0.15) is 0 Å². The second-order valence-corrected chi connectivity index (χ2v) is 4.07. The normalized spacial score (nSPS) is 9.60. The summed E-state index contributed by atoms with van der Waals surface area (Å²) in [5, 5.41) is 11.5. The molecule has 0 aliphatic heterocycles. The second-order valence-electron chi connectivity index (χ2n) is 4.07. The third kappa shape index (κ3) is 2.70. The molecule has 0 atom stereocenters. The van der Waals surface area contributed by atoms with E-state index in [1.807, 2.05) is 6.07 Å². The van der Waals surface area contributed by atoms with Gasteiger partial charge in [-0.05, 0) is 30.3 Å². The number of nitriles is 1. The number of hydrogen-bond acceptors (Lipinski definition) is 4. The summed E-state index contributed by atoms with van der Waals surface area (Å²) in [6, 6.07) is 13.6. The highest BCUT2D eigenvalue weighted by molar-refractivity contribution is 6.07. The Morgan fingerprint density at radius 3 is 2.75 bits per heavy atom. The van der Waals surface area contributed by atoms with Crippen molar-refractivity contribution in [1.82, 2.24) is 0 Å². The Balaban J connectivity index is 2.29. The summed E-state index contributed by atoms with van der Waals surface area (Å²) in [5.41, 5.74) is 7.51. The number of carbonyl (C=O) groups is 1. The fourth-order valence-corrected chi connectivity index (χ4v) is 1.83. The van der Waals surface area contributed by atoms with Crippen LogP contribution < -0.4 is 15.8 Å². The molecule has 5 nitrogen and oxygen atoms in total. The molecule has 2 aromatic rings.